The van der Waals surface area contributed by atoms with Gasteiger partial charge in [-0.05, 0) is 38.3 Å². The van der Waals surface area contributed by atoms with Crippen LogP contribution in [0.3, 0.4) is 0 Å². The molecule has 0 fully saturated rings. The number of amides is 1. The lowest BCUT2D eigenvalue weighted by Gasteiger charge is -2.24. The molecule has 136 valence electrons. The number of para-hydroxylation sites is 1. The van der Waals surface area contributed by atoms with Crippen LogP contribution in [0.1, 0.15) is 32.8 Å². The van der Waals surface area contributed by atoms with E-state index < -0.39 is 10.0 Å². The zero-order valence-corrected chi connectivity index (χ0v) is 15.7. The van der Waals surface area contributed by atoms with Crippen LogP contribution in [0.25, 0.3) is 0 Å². The Kier molecular flexibility index (Phi) is 8.21. The van der Waals surface area contributed by atoms with Crippen LogP contribution in [0.4, 0.5) is 5.69 Å². The van der Waals surface area contributed by atoms with Crippen molar-refractivity contribution in [1.82, 2.24) is 5.32 Å². The molecule has 1 aromatic carbocycles. The van der Waals surface area contributed by atoms with Gasteiger partial charge in [-0.1, -0.05) is 25.1 Å². The molecule has 0 aromatic heterocycles. The Balaban J connectivity index is 2.69. The molecule has 0 saturated heterocycles. The molecule has 0 atom stereocenters. The smallest absolute Gasteiger partial charge is 0.240 e. The Labute approximate surface area is 145 Å². The fourth-order valence-corrected chi connectivity index (χ4v) is 3.13. The Morgan fingerprint density at radius 1 is 1.29 bits per heavy atom. The minimum Gasteiger partial charge on any atom is -0.379 e. The summed E-state index contributed by atoms with van der Waals surface area (Å²) in [6, 6.07) is 7.23. The van der Waals surface area contributed by atoms with Crippen LogP contribution in [0.5, 0.6) is 0 Å². The van der Waals surface area contributed by atoms with Gasteiger partial charge in [-0.2, -0.15) is 0 Å². The highest BCUT2D eigenvalue weighted by atomic mass is 32.2. The van der Waals surface area contributed by atoms with E-state index in [0.29, 0.717) is 31.7 Å². The van der Waals surface area contributed by atoms with Crippen molar-refractivity contribution in [1.29, 1.82) is 0 Å². The van der Waals surface area contributed by atoms with Crippen LogP contribution in [-0.2, 0) is 26.0 Å². The minimum absolute atomic E-state index is 0.159. The number of hydrogen-bond acceptors (Lipinski definition) is 4. The predicted molar refractivity (Wildman–Crippen MR) is 96.7 cm³/mol. The maximum Gasteiger partial charge on any atom is 0.240 e. The minimum atomic E-state index is -3.54. The van der Waals surface area contributed by atoms with Crippen molar-refractivity contribution in [3.63, 3.8) is 0 Å². The van der Waals surface area contributed by atoms with Gasteiger partial charge in [0.25, 0.3) is 0 Å². The maximum absolute atomic E-state index is 12.1. The molecule has 1 aromatic rings. The Morgan fingerprint density at radius 2 is 1.96 bits per heavy atom. The van der Waals surface area contributed by atoms with Crippen molar-refractivity contribution < 1.29 is 17.9 Å². The number of anilines is 1. The monoisotopic (exact) mass is 356 g/mol. The molecule has 0 aliphatic heterocycles. The fraction of sp³-hybridized carbons (Fsp3) is 0.588. The Morgan fingerprint density at radius 3 is 2.54 bits per heavy atom. The summed E-state index contributed by atoms with van der Waals surface area (Å²) in [5.74, 6) is -0.323. The molecule has 0 bridgehead atoms. The lowest BCUT2D eigenvalue weighted by Crippen LogP contribution is -2.41. The SMILES string of the molecule is CCc1ccccc1N(CC(=O)NCCCOC(C)C)S(C)(=O)=O. The van der Waals surface area contributed by atoms with Crippen molar-refractivity contribution in [2.45, 2.75) is 39.7 Å². The van der Waals surface area contributed by atoms with Gasteiger partial charge in [0, 0.05) is 13.2 Å². The number of aryl methyl sites for hydroxylation is 1. The first-order valence-corrected chi connectivity index (χ1v) is 10.0. The number of ether oxygens (including phenoxy) is 1. The van der Waals surface area contributed by atoms with Crippen LogP contribution in [0.15, 0.2) is 24.3 Å². The molecular weight excluding hydrogens is 328 g/mol. The highest BCUT2D eigenvalue weighted by Crippen LogP contribution is 2.23. The number of hydrogen-bond donors (Lipinski definition) is 1. The molecule has 0 saturated carbocycles. The number of carbonyl (C=O) groups is 1. The average Bonchev–Trinajstić information content (AvgIpc) is 2.51. The first kappa shape index (κ1) is 20.4. The van der Waals surface area contributed by atoms with Crippen molar-refractivity contribution >= 4 is 21.6 Å². The number of nitrogens with zero attached hydrogens (tertiary/aromatic N) is 1. The maximum atomic E-state index is 12.1. The largest absolute Gasteiger partial charge is 0.379 e. The second-order valence-corrected chi connectivity index (χ2v) is 7.78. The topological polar surface area (TPSA) is 75.7 Å². The van der Waals surface area contributed by atoms with E-state index >= 15 is 0 Å². The first-order chi connectivity index (χ1) is 11.3. The van der Waals surface area contributed by atoms with Crippen LogP contribution < -0.4 is 9.62 Å². The molecule has 7 heteroatoms. The van der Waals surface area contributed by atoms with E-state index in [1.807, 2.05) is 32.9 Å². The van der Waals surface area contributed by atoms with Crippen molar-refractivity contribution in [3.05, 3.63) is 29.8 Å². The van der Waals surface area contributed by atoms with E-state index in [-0.39, 0.29) is 18.6 Å². The van der Waals surface area contributed by atoms with E-state index in [4.69, 9.17) is 4.74 Å². The van der Waals surface area contributed by atoms with Gasteiger partial charge in [0.2, 0.25) is 15.9 Å². The standard InChI is InChI=1S/C17H28N2O4S/c1-5-15-9-6-7-10-16(15)19(24(4,21)22)13-17(20)18-11-8-12-23-14(2)3/h6-7,9-10,14H,5,8,11-13H2,1-4H3,(H,18,20). The van der Waals surface area contributed by atoms with Gasteiger partial charge in [0.15, 0.2) is 0 Å². The molecule has 0 aliphatic carbocycles. The molecule has 6 nitrogen and oxygen atoms in total. The highest BCUT2D eigenvalue weighted by Gasteiger charge is 2.22. The number of sulfonamides is 1. The zero-order valence-electron chi connectivity index (χ0n) is 14.9. The number of carbonyl (C=O) groups excluding carboxylic acids is 1. The number of benzene rings is 1. The van der Waals surface area contributed by atoms with Crippen LogP contribution in [-0.4, -0.2) is 46.4 Å². The van der Waals surface area contributed by atoms with Crippen molar-refractivity contribution in [3.8, 4) is 0 Å². The van der Waals surface area contributed by atoms with Crippen LogP contribution >= 0.6 is 0 Å². The van der Waals surface area contributed by atoms with E-state index in [0.717, 1.165) is 16.1 Å². The van der Waals surface area contributed by atoms with E-state index in [1.54, 1.807) is 12.1 Å². The molecule has 24 heavy (non-hydrogen) atoms. The molecular formula is C17H28N2O4S. The summed E-state index contributed by atoms with van der Waals surface area (Å²) in [4.78, 5) is 12.1. The number of nitrogens with one attached hydrogen (secondary N) is 1. The molecule has 0 aliphatic rings. The summed E-state index contributed by atoms with van der Waals surface area (Å²) in [7, 11) is -3.54. The van der Waals surface area contributed by atoms with Gasteiger partial charge in [-0.3, -0.25) is 9.10 Å². The molecule has 0 unspecified atom stereocenters. The summed E-state index contributed by atoms with van der Waals surface area (Å²) in [6.07, 6.45) is 2.65. The van der Waals surface area contributed by atoms with Crippen LogP contribution in [0.2, 0.25) is 0 Å². The quantitative estimate of drug-likeness (QED) is 0.650. The van der Waals surface area contributed by atoms with Gasteiger partial charge in [0.1, 0.15) is 6.54 Å². The van der Waals surface area contributed by atoms with Crippen LogP contribution in [0, 0.1) is 0 Å². The molecule has 1 amide bonds. The summed E-state index contributed by atoms with van der Waals surface area (Å²) in [5, 5.41) is 2.74. The summed E-state index contributed by atoms with van der Waals surface area (Å²) >= 11 is 0. The third-order valence-corrected chi connectivity index (χ3v) is 4.55. The van der Waals surface area contributed by atoms with Gasteiger partial charge >= 0.3 is 0 Å². The van der Waals surface area contributed by atoms with Gasteiger partial charge < -0.3 is 10.1 Å². The summed E-state index contributed by atoms with van der Waals surface area (Å²) < 4.78 is 30.8. The third-order valence-electron chi connectivity index (χ3n) is 3.42. The van der Waals surface area contributed by atoms with Crippen molar-refractivity contribution in [2.24, 2.45) is 0 Å². The summed E-state index contributed by atoms with van der Waals surface area (Å²) in [5.41, 5.74) is 1.45. The van der Waals surface area contributed by atoms with Crippen molar-refractivity contribution in [2.75, 3.05) is 30.3 Å². The zero-order chi connectivity index (χ0) is 18.2. The van der Waals surface area contributed by atoms with E-state index in [9.17, 15) is 13.2 Å². The molecule has 1 rings (SSSR count). The van der Waals surface area contributed by atoms with E-state index in [2.05, 4.69) is 5.32 Å². The lowest BCUT2D eigenvalue weighted by atomic mass is 10.1. The first-order valence-electron chi connectivity index (χ1n) is 8.19. The predicted octanol–water partition coefficient (Wildman–Crippen LogP) is 1.95. The molecule has 0 radical (unpaired) electrons. The second kappa shape index (κ2) is 9.64. The lowest BCUT2D eigenvalue weighted by molar-refractivity contribution is -0.119. The Hall–Kier alpha value is -1.60. The normalized spacial score (nSPS) is 11.5. The summed E-state index contributed by atoms with van der Waals surface area (Å²) in [6.45, 7) is 6.65. The van der Waals surface area contributed by atoms with Gasteiger partial charge in [-0.15, -0.1) is 0 Å². The van der Waals surface area contributed by atoms with E-state index in [1.165, 1.54) is 0 Å². The molecule has 0 heterocycles. The molecule has 1 N–H and O–H groups in total. The Bertz CT molecular complexity index is 629. The average molecular weight is 356 g/mol. The fourth-order valence-electron chi connectivity index (χ4n) is 2.24. The highest BCUT2D eigenvalue weighted by molar-refractivity contribution is 7.92. The number of rotatable bonds is 10. The molecule has 0 spiro atoms. The third kappa shape index (κ3) is 6.88. The van der Waals surface area contributed by atoms with Gasteiger partial charge in [0.05, 0.1) is 18.0 Å². The second-order valence-electron chi connectivity index (χ2n) is 5.87. The van der Waals surface area contributed by atoms with Gasteiger partial charge in [-0.25, -0.2) is 8.42 Å².